The van der Waals surface area contributed by atoms with Gasteiger partial charge in [-0.3, -0.25) is 4.79 Å². The van der Waals surface area contributed by atoms with Crippen LogP contribution < -0.4 is 0 Å². The molecule has 4 heteroatoms. The summed E-state index contributed by atoms with van der Waals surface area (Å²) in [6, 6.07) is 0. The summed E-state index contributed by atoms with van der Waals surface area (Å²) in [5.41, 5.74) is -0.240. The zero-order valence-electron chi connectivity index (χ0n) is 12.3. The van der Waals surface area contributed by atoms with Crippen molar-refractivity contribution in [2.75, 3.05) is 6.61 Å². The molecular weight excluding hydrogens is 256 g/mol. The Morgan fingerprint density at radius 3 is 2.75 bits per heavy atom. The number of rotatable bonds is 4. The lowest BCUT2D eigenvalue weighted by molar-refractivity contribution is -0.149. The quantitative estimate of drug-likeness (QED) is 0.612. The van der Waals surface area contributed by atoms with Gasteiger partial charge in [0.25, 0.3) is 0 Å². The van der Waals surface area contributed by atoms with Crippen molar-refractivity contribution in [3.8, 4) is 0 Å². The van der Waals surface area contributed by atoms with E-state index in [2.05, 4.69) is 6.92 Å². The third-order valence-corrected chi connectivity index (χ3v) is 5.89. The molecule has 2 aliphatic carbocycles. The van der Waals surface area contributed by atoms with Crippen LogP contribution in [0.3, 0.4) is 0 Å². The molecular formula is C16H24O4. The Hall–Kier alpha value is -1.16. The number of fused-ring (bicyclic) bond motifs is 1. The van der Waals surface area contributed by atoms with Gasteiger partial charge < -0.3 is 15.0 Å². The van der Waals surface area contributed by atoms with Gasteiger partial charge in [0, 0.05) is 0 Å². The molecule has 2 aliphatic rings. The number of allylic oxidation sites excluding steroid dienone is 1. The SMILES string of the molecule is C[C@H]1CC[C@]2(C=O)C(CO)=CCC[C@@H]2[C@@]1(C)CC(=O)O. The Bertz CT molecular complexity index is 442. The van der Waals surface area contributed by atoms with Crippen molar-refractivity contribution in [3.05, 3.63) is 11.6 Å². The van der Waals surface area contributed by atoms with E-state index in [0.717, 1.165) is 37.5 Å². The molecule has 0 amide bonds. The average molecular weight is 280 g/mol. The fraction of sp³-hybridized carbons (Fsp3) is 0.750. The number of aliphatic carboxylic acids is 1. The monoisotopic (exact) mass is 280 g/mol. The zero-order valence-corrected chi connectivity index (χ0v) is 12.3. The highest BCUT2D eigenvalue weighted by Crippen LogP contribution is 2.60. The number of hydrogen-bond acceptors (Lipinski definition) is 3. The van der Waals surface area contributed by atoms with Crippen molar-refractivity contribution < 1.29 is 19.8 Å². The summed E-state index contributed by atoms with van der Waals surface area (Å²) in [7, 11) is 0. The molecule has 0 aromatic carbocycles. The van der Waals surface area contributed by atoms with Crippen LogP contribution in [0.2, 0.25) is 0 Å². The maximum Gasteiger partial charge on any atom is 0.303 e. The van der Waals surface area contributed by atoms with Crippen LogP contribution in [-0.4, -0.2) is 29.1 Å². The Balaban J connectivity index is 2.48. The van der Waals surface area contributed by atoms with Crippen LogP contribution in [0.25, 0.3) is 0 Å². The van der Waals surface area contributed by atoms with Crippen molar-refractivity contribution in [1.82, 2.24) is 0 Å². The van der Waals surface area contributed by atoms with Crippen molar-refractivity contribution >= 4 is 12.3 Å². The molecule has 0 aromatic rings. The molecule has 0 aromatic heterocycles. The molecule has 0 aliphatic heterocycles. The number of carboxylic acids is 1. The standard InChI is InChI=1S/C16H24O4/c1-11-6-7-16(10-18)12(9-17)4-3-5-13(16)15(11,2)8-14(19)20/h4,10-11,13,17H,3,5-9H2,1-2H3,(H,19,20)/t11-,13+,15-,16-/m0/s1. The summed E-state index contributed by atoms with van der Waals surface area (Å²) in [6.07, 6.45) is 6.24. The predicted octanol–water partition coefficient (Wildman–Crippen LogP) is 2.41. The van der Waals surface area contributed by atoms with Gasteiger partial charge in [0.05, 0.1) is 18.4 Å². The lowest BCUT2D eigenvalue weighted by Gasteiger charge is -2.56. The third kappa shape index (κ3) is 2.10. The van der Waals surface area contributed by atoms with Crippen molar-refractivity contribution in [3.63, 3.8) is 0 Å². The topological polar surface area (TPSA) is 74.6 Å². The predicted molar refractivity (Wildman–Crippen MR) is 75.1 cm³/mol. The lowest BCUT2D eigenvalue weighted by atomic mass is 9.47. The van der Waals surface area contributed by atoms with Gasteiger partial charge in [0.1, 0.15) is 6.29 Å². The van der Waals surface area contributed by atoms with E-state index in [4.69, 9.17) is 0 Å². The second kappa shape index (κ2) is 5.32. The van der Waals surface area contributed by atoms with Crippen LogP contribution in [0.15, 0.2) is 11.6 Å². The van der Waals surface area contributed by atoms with Crippen LogP contribution in [0, 0.1) is 22.7 Å². The summed E-state index contributed by atoms with van der Waals surface area (Å²) >= 11 is 0. The maximum absolute atomic E-state index is 11.9. The van der Waals surface area contributed by atoms with Gasteiger partial charge in [0.2, 0.25) is 0 Å². The summed E-state index contributed by atoms with van der Waals surface area (Å²) < 4.78 is 0. The summed E-state index contributed by atoms with van der Waals surface area (Å²) in [6.45, 7) is 4.00. The molecule has 0 saturated heterocycles. The van der Waals surface area contributed by atoms with Crippen LogP contribution >= 0.6 is 0 Å². The highest BCUT2D eigenvalue weighted by atomic mass is 16.4. The first-order chi connectivity index (χ1) is 9.40. The fourth-order valence-electron chi connectivity index (χ4n) is 4.53. The van der Waals surface area contributed by atoms with Crippen molar-refractivity contribution in [2.24, 2.45) is 22.7 Å². The molecule has 112 valence electrons. The third-order valence-electron chi connectivity index (χ3n) is 5.89. The average Bonchev–Trinajstić information content (AvgIpc) is 2.42. The first-order valence-electron chi connectivity index (χ1n) is 7.39. The molecule has 0 bridgehead atoms. The van der Waals surface area contributed by atoms with Gasteiger partial charge in [-0.1, -0.05) is 19.9 Å². The minimum Gasteiger partial charge on any atom is -0.481 e. The smallest absolute Gasteiger partial charge is 0.303 e. The molecule has 2 rings (SSSR count). The largest absolute Gasteiger partial charge is 0.481 e. The van der Waals surface area contributed by atoms with Crippen molar-refractivity contribution in [1.29, 1.82) is 0 Å². The number of aliphatic hydroxyl groups excluding tert-OH is 1. The molecule has 0 heterocycles. The highest BCUT2D eigenvalue weighted by molar-refractivity contribution is 5.70. The van der Waals surface area contributed by atoms with E-state index in [9.17, 15) is 19.8 Å². The van der Waals surface area contributed by atoms with Gasteiger partial charge >= 0.3 is 5.97 Å². The molecule has 0 unspecified atom stereocenters. The van der Waals surface area contributed by atoms with Gasteiger partial charge in [0.15, 0.2) is 0 Å². The summed E-state index contributed by atoms with van der Waals surface area (Å²) in [5, 5.41) is 18.9. The van der Waals surface area contributed by atoms with Crippen LogP contribution in [0.5, 0.6) is 0 Å². The molecule has 1 saturated carbocycles. The van der Waals surface area contributed by atoms with Gasteiger partial charge in [-0.05, 0) is 48.5 Å². The van der Waals surface area contributed by atoms with E-state index in [1.54, 1.807) is 0 Å². The minimum absolute atomic E-state index is 0.0134. The Labute approximate surface area is 119 Å². The molecule has 1 fully saturated rings. The van der Waals surface area contributed by atoms with Gasteiger partial charge in [-0.2, -0.15) is 0 Å². The minimum atomic E-state index is -0.804. The van der Waals surface area contributed by atoms with E-state index < -0.39 is 11.4 Å². The Kier molecular flexibility index (Phi) is 4.05. The normalized spacial score (nSPS) is 40.6. The number of carboxylic acid groups (broad SMARTS) is 1. The van der Waals surface area contributed by atoms with Crippen LogP contribution in [0.1, 0.15) is 46.0 Å². The Morgan fingerprint density at radius 1 is 1.50 bits per heavy atom. The highest BCUT2D eigenvalue weighted by Gasteiger charge is 2.56. The first kappa shape index (κ1) is 15.2. The molecule has 0 spiro atoms. The second-order valence-electron chi connectivity index (χ2n) is 6.69. The summed E-state index contributed by atoms with van der Waals surface area (Å²) in [4.78, 5) is 23.2. The molecule has 2 N–H and O–H groups in total. The van der Waals surface area contributed by atoms with Gasteiger partial charge in [-0.25, -0.2) is 0 Å². The van der Waals surface area contributed by atoms with E-state index >= 15 is 0 Å². The lowest BCUT2D eigenvalue weighted by Crippen LogP contribution is -2.53. The Morgan fingerprint density at radius 2 is 2.20 bits per heavy atom. The van der Waals surface area contributed by atoms with Crippen LogP contribution in [0.4, 0.5) is 0 Å². The number of aliphatic hydroxyl groups is 1. The maximum atomic E-state index is 11.9. The summed E-state index contributed by atoms with van der Waals surface area (Å²) in [5.74, 6) is -0.518. The first-order valence-corrected chi connectivity index (χ1v) is 7.39. The second-order valence-corrected chi connectivity index (χ2v) is 6.69. The zero-order chi connectivity index (χ0) is 15.0. The van der Waals surface area contributed by atoms with Gasteiger partial charge in [-0.15, -0.1) is 0 Å². The molecule has 0 radical (unpaired) electrons. The van der Waals surface area contributed by atoms with E-state index in [-0.39, 0.29) is 30.3 Å². The molecule has 20 heavy (non-hydrogen) atoms. The fourth-order valence-corrected chi connectivity index (χ4v) is 4.53. The van der Waals surface area contributed by atoms with E-state index in [1.807, 2.05) is 13.0 Å². The van der Waals surface area contributed by atoms with Crippen molar-refractivity contribution in [2.45, 2.75) is 46.0 Å². The van der Waals surface area contributed by atoms with E-state index in [0.29, 0.717) is 0 Å². The number of aldehydes is 1. The number of carbonyl (C=O) groups is 2. The number of hydrogen-bond donors (Lipinski definition) is 2. The van der Waals surface area contributed by atoms with E-state index in [1.165, 1.54) is 0 Å². The number of carbonyl (C=O) groups excluding carboxylic acids is 1. The molecule has 4 nitrogen and oxygen atoms in total. The van der Waals surface area contributed by atoms with Crippen LogP contribution in [-0.2, 0) is 9.59 Å². The molecule has 4 atom stereocenters.